The summed E-state index contributed by atoms with van der Waals surface area (Å²) in [4.78, 5) is 30.3. The van der Waals surface area contributed by atoms with Gasteiger partial charge in [0.2, 0.25) is 5.91 Å². The summed E-state index contributed by atoms with van der Waals surface area (Å²) < 4.78 is 40.4. The molecule has 1 fully saturated rings. The first kappa shape index (κ1) is 27.6. The maximum Gasteiger partial charge on any atom is 0.416 e. The molecule has 0 aliphatic heterocycles. The van der Waals surface area contributed by atoms with Crippen LogP contribution in [0.5, 0.6) is 0 Å². The lowest BCUT2D eigenvalue weighted by atomic mass is 9.95. The second-order valence-electron chi connectivity index (χ2n) is 10.2. The van der Waals surface area contributed by atoms with Crippen molar-refractivity contribution in [3.05, 3.63) is 72.1 Å². The fourth-order valence-corrected chi connectivity index (χ4v) is 4.64. The van der Waals surface area contributed by atoms with Crippen molar-refractivity contribution >= 4 is 34.3 Å². The van der Waals surface area contributed by atoms with Gasteiger partial charge in [0.05, 0.1) is 28.9 Å². The number of benzene rings is 2. The number of anilines is 2. The highest BCUT2D eigenvalue weighted by molar-refractivity contribution is 6.00. The van der Waals surface area contributed by atoms with Gasteiger partial charge in [-0.15, -0.1) is 0 Å². The molecular formula is C29H26F3N7O2. The first-order valence-corrected chi connectivity index (χ1v) is 12.9. The number of hydrogen-bond donors (Lipinski definition) is 3. The van der Waals surface area contributed by atoms with Crippen LogP contribution in [0.3, 0.4) is 0 Å². The Morgan fingerprint density at radius 1 is 1.07 bits per heavy atom. The lowest BCUT2D eigenvalue weighted by molar-refractivity contribution is -0.137. The Bertz CT molecular complexity index is 1670. The Morgan fingerprint density at radius 3 is 2.41 bits per heavy atom. The van der Waals surface area contributed by atoms with Crippen LogP contribution in [0.1, 0.15) is 37.9 Å². The number of nitrogens with zero attached hydrogens (tertiary/aromatic N) is 4. The van der Waals surface area contributed by atoms with Crippen LogP contribution in [0, 0.1) is 11.3 Å². The van der Waals surface area contributed by atoms with Crippen LogP contribution in [-0.2, 0) is 22.9 Å². The van der Waals surface area contributed by atoms with Crippen molar-refractivity contribution in [1.29, 1.82) is 5.26 Å². The molecule has 0 radical (unpaired) electrons. The molecule has 3 N–H and O–H groups in total. The summed E-state index contributed by atoms with van der Waals surface area (Å²) in [5, 5.41) is 22.3. The van der Waals surface area contributed by atoms with Crippen molar-refractivity contribution in [1.82, 2.24) is 20.1 Å². The number of carbonyl (C=O) groups is 2. The van der Waals surface area contributed by atoms with Gasteiger partial charge in [-0.3, -0.25) is 4.79 Å². The highest BCUT2D eigenvalue weighted by Gasteiger charge is 2.53. The Labute approximate surface area is 233 Å². The average molecular weight is 562 g/mol. The van der Waals surface area contributed by atoms with Crippen LogP contribution >= 0.6 is 0 Å². The molecule has 9 nitrogen and oxygen atoms in total. The summed E-state index contributed by atoms with van der Waals surface area (Å²) in [5.74, 6) is -0.0945. The lowest BCUT2D eigenvalue weighted by Gasteiger charge is -2.18. The number of urea groups is 1. The molecule has 2 aromatic heterocycles. The molecule has 0 spiro atoms. The number of amides is 3. The Hall–Kier alpha value is -4.92. The number of fused-ring (bicyclic) bond motifs is 1. The molecular weight excluding hydrogens is 535 g/mol. The van der Waals surface area contributed by atoms with Crippen LogP contribution in [0.2, 0.25) is 0 Å². The van der Waals surface area contributed by atoms with Crippen molar-refractivity contribution in [2.24, 2.45) is 0 Å². The van der Waals surface area contributed by atoms with Crippen molar-refractivity contribution in [3.63, 3.8) is 0 Å². The predicted octanol–water partition coefficient (Wildman–Crippen LogP) is 5.84. The van der Waals surface area contributed by atoms with Gasteiger partial charge in [-0.05, 0) is 74.2 Å². The summed E-state index contributed by atoms with van der Waals surface area (Å²) in [7, 11) is 0. The fourth-order valence-electron chi connectivity index (χ4n) is 4.64. The van der Waals surface area contributed by atoms with E-state index in [1.54, 1.807) is 30.5 Å². The minimum atomic E-state index is -4.52. The van der Waals surface area contributed by atoms with E-state index in [1.165, 1.54) is 16.8 Å². The summed E-state index contributed by atoms with van der Waals surface area (Å²) in [6.45, 7) is 3.79. The Kier molecular flexibility index (Phi) is 7.13. The van der Waals surface area contributed by atoms with E-state index in [4.69, 9.17) is 4.98 Å². The van der Waals surface area contributed by atoms with Gasteiger partial charge in [0.1, 0.15) is 6.54 Å². The zero-order chi connectivity index (χ0) is 29.4. The molecule has 2 heterocycles. The van der Waals surface area contributed by atoms with Crippen LogP contribution in [0.4, 0.5) is 29.3 Å². The van der Waals surface area contributed by atoms with Gasteiger partial charge in [0, 0.05) is 22.8 Å². The summed E-state index contributed by atoms with van der Waals surface area (Å²) in [5.41, 5.74) is 1.42. The summed E-state index contributed by atoms with van der Waals surface area (Å²) >= 11 is 0. The minimum Gasteiger partial charge on any atom is -0.353 e. The van der Waals surface area contributed by atoms with Gasteiger partial charge in [-0.2, -0.15) is 23.5 Å². The molecule has 0 saturated heterocycles. The molecule has 5 rings (SSSR count). The van der Waals surface area contributed by atoms with E-state index in [0.717, 1.165) is 23.3 Å². The highest BCUT2D eigenvalue weighted by Crippen LogP contribution is 2.49. The number of carbonyl (C=O) groups excluding carboxylic acids is 2. The molecule has 41 heavy (non-hydrogen) atoms. The molecule has 3 amide bonds. The number of hydrogen-bond acceptors (Lipinski definition) is 5. The average Bonchev–Trinajstić information content (AvgIpc) is 3.64. The van der Waals surface area contributed by atoms with E-state index in [2.05, 4.69) is 27.1 Å². The van der Waals surface area contributed by atoms with Crippen LogP contribution in [0.25, 0.3) is 22.2 Å². The van der Waals surface area contributed by atoms with Crippen LogP contribution in [-0.4, -0.2) is 32.7 Å². The normalized spacial score (nSPS) is 14.0. The third-order valence-corrected chi connectivity index (χ3v) is 6.83. The van der Waals surface area contributed by atoms with Gasteiger partial charge in [-0.25, -0.2) is 14.5 Å². The van der Waals surface area contributed by atoms with Crippen molar-refractivity contribution in [3.8, 4) is 17.2 Å². The maximum absolute atomic E-state index is 13.1. The van der Waals surface area contributed by atoms with E-state index in [-0.39, 0.29) is 24.2 Å². The molecule has 1 aliphatic rings. The van der Waals surface area contributed by atoms with Gasteiger partial charge < -0.3 is 16.0 Å². The van der Waals surface area contributed by atoms with Crippen molar-refractivity contribution < 1.29 is 22.8 Å². The first-order valence-electron chi connectivity index (χ1n) is 12.9. The molecule has 0 bridgehead atoms. The zero-order valence-electron chi connectivity index (χ0n) is 22.2. The Balaban J connectivity index is 1.42. The Morgan fingerprint density at radius 2 is 1.78 bits per heavy atom. The third-order valence-electron chi connectivity index (χ3n) is 6.83. The molecule has 0 atom stereocenters. The largest absolute Gasteiger partial charge is 0.416 e. The number of nitrogens with one attached hydrogen (secondary N) is 3. The summed E-state index contributed by atoms with van der Waals surface area (Å²) in [6.07, 6.45) is -1.59. The quantitative estimate of drug-likeness (QED) is 0.261. The van der Waals surface area contributed by atoms with Crippen molar-refractivity contribution in [2.75, 3.05) is 10.6 Å². The number of pyridine rings is 1. The smallest absolute Gasteiger partial charge is 0.353 e. The van der Waals surface area contributed by atoms with Crippen LogP contribution < -0.4 is 16.0 Å². The lowest BCUT2D eigenvalue weighted by Crippen LogP contribution is -2.39. The molecule has 12 heteroatoms. The first-order chi connectivity index (χ1) is 19.5. The van der Waals surface area contributed by atoms with E-state index in [9.17, 15) is 28.0 Å². The summed E-state index contributed by atoms with van der Waals surface area (Å²) in [6, 6.07) is 14.4. The maximum atomic E-state index is 13.1. The van der Waals surface area contributed by atoms with E-state index >= 15 is 0 Å². The fraction of sp³-hybridized carbons (Fsp3) is 0.276. The van der Waals surface area contributed by atoms with E-state index < -0.39 is 23.2 Å². The number of halogens is 3. The molecule has 0 unspecified atom stereocenters. The molecule has 4 aromatic rings. The number of rotatable bonds is 7. The predicted molar refractivity (Wildman–Crippen MR) is 147 cm³/mol. The highest BCUT2D eigenvalue weighted by atomic mass is 19.4. The second kappa shape index (κ2) is 10.6. The standard InChI is InChI=1S/C29H26F3N7O2/c1-17(2)35-26(40)28(10-11-28)24-15-22(23-16-34-39(13-12-33)25(23)38-24)18-6-8-20(9-7-18)36-27(41)37-21-5-3-4-19(14-21)29(30,31)32/h3-9,14-17H,10-11,13H2,1-2H3,(H,35,40)(H2,36,37,41). The second-order valence-corrected chi connectivity index (χ2v) is 10.2. The number of nitriles is 1. The molecule has 2 aromatic carbocycles. The topological polar surface area (TPSA) is 125 Å². The number of aromatic nitrogens is 3. The third kappa shape index (κ3) is 5.70. The van der Waals surface area contributed by atoms with Gasteiger partial charge in [0.25, 0.3) is 0 Å². The van der Waals surface area contributed by atoms with Gasteiger partial charge >= 0.3 is 12.2 Å². The molecule has 210 valence electrons. The molecule has 1 aliphatic carbocycles. The van der Waals surface area contributed by atoms with E-state index in [1.807, 2.05) is 19.9 Å². The van der Waals surface area contributed by atoms with E-state index in [0.29, 0.717) is 35.3 Å². The molecule has 1 saturated carbocycles. The minimum absolute atomic E-state index is 0.00513. The van der Waals surface area contributed by atoms with Crippen LogP contribution in [0.15, 0.2) is 60.8 Å². The SMILES string of the molecule is CC(C)NC(=O)C1(c2cc(-c3ccc(NC(=O)Nc4cccc(C(F)(F)F)c4)cc3)c3cnn(CC#N)c3n2)CC1. The number of alkyl halides is 3. The monoisotopic (exact) mass is 561 g/mol. The van der Waals surface area contributed by atoms with Gasteiger partial charge in [0.15, 0.2) is 5.65 Å². The van der Waals surface area contributed by atoms with Crippen molar-refractivity contribution in [2.45, 2.75) is 50.9 Å². The zero-order valence-corrected chi connectivity index (χ0v) is 22.2. The van der Waals surface area contributed by atoms with Gasteiger partial charge in [-0.1, -0.05) is 18.2 Å².